The van der Waals surface area contributed by atoms with Crippen LogP contribution in [0.3, 0.4) is 0 Å². The molecule has 6 heteroatoms. The number of piperidine rings is 1. The number of aromatic nitrogens is 2. The Morgan fingerprint density at radius 3 is 2.48 bits per heavy atom. The second-order valence-electron chi connectivity index (χ2n) is 6.51. The zero-order valence-corrected chi connectivity index (χ0v) is 14.0. The summed E-state index contributed by atoms with van der Waals surface area (Å²) in [6.07, 6.45) is 8.10. The summed E-state index contributed by atoms with van der Waals surface area (Å²) in [5.74, 6) is 1.81. The topological polar surface area (TPSA) is 52.6 Å². The van der Waals surface area contributed by atoms with E-state index in [4.69, 9.17) is 0 Å². The van der Waals surface area contributed by atoms with Gasteiger partial charge in [-0.2, -0.15) is 0 Å². The van der Waals surface area contributed by atoms with Gasteiger partial charge >= 0.3 is 0 Å². The van der Waals surface area contributed by atoms with Crippen LogP contribution in [-0.2, 0) is 4.79 Å². The van der Waals surface area contributed by atoms with Gasteiger partial charge in [0.1, 0.15) is 5.82 Å². The molecule has 0 aromatic carbocycles. The third-order valence-electron chi connectivity index (χ3n) is 5.12. The summed E-state index contributed by atoms with van der Waals surface area (Å²) in [4.78, 5) is 27.7. The van der Waals surface area contributed by atoms with Crippen LogP contribution in [0.1, 0.15) is 26.2 Å². The minimum absolute atomic E-state index is 0.346. The Balaban J connectivity index is 1.43. The van der Waals surface area contributed by atoms with Crippen molar-refractivity contribution in [1.29, 1.82) is 0 Å². The Labute approximate surface area is 138 Å². The van der Waals surface area contributed by atoms with Crippen molar-refractivity contribution in [2.24, 2.45) is 5.92 Å². The van der Waals surface area contributed by atoms with Crippen molar-refractivity contribution in [3.63, 3.8) is 0 Å². The molecule has 1 aromatic rings. The molecule has 1 amide bonds. The summed E-state index contributed by atoms with van der Waals surface area (Å²) in [5.41, 5.74) is 0. The zero-order chi connectivity index (χ0) is 16.1. The molecule has 2 fully saturated rings. The van der Waals surface area contributed by atoms with Crippen molar-refractivity contribution < 1.29 is 4.79 Å². The first-order valence-corrected chi connectivity index (χ1v) is 8.77. The third-order valence-corrected chi connectivity index (χ3v) is 5.12. The maximum Gasteiger partial charge on any atom is 0.222 e. The number of anilines is 1. The first-order chi connectivity index (χ1) is 11.3. The summed E-state index contributed by atoms with van der Waals surface area (Å²) in [5, 5.41) is 0. The van der Waals surface area contributed by atoms with Gasteiger partial charge < -0.3 is 14.7 Å². The minimum atomic E-state index is 0.346. The van der Waals surface area contributed by atoms with Crippen molar-refractivity contribution in [1.82, 2.24) is 19.8 Å². The van der Waals surface area contributed by atoms with Crippen LogP contribution in [0.4, 0.5) is 5.82 Å². The molecule has 1 aromatic heterocycles. The molecule has 3 rings (SSSR count). The fourth-order valence-electron chi connectivity index (χ4n) is 3.51. The fraction of sp³-hybridized carbons (Fsp3) is 0.706. The summed E-state index contributed by atoms with van der Waals surface area (Å²) in [7, 11) is 0. The smallest absolute Gasteiger partial charge is 0.222 e. The molecular weight excluding hydrogens is 290 g/mol. The van der Waals surface area contributed by atoms with Crippen LogP contribution in [0.5, 0.6) is 0 Å². The second-order valence-corrected chi connectivity index (χ2v) is 6.51. The van der Waals surface area contributed by atoms with E-state index >= 15 is 0 Å². The summed E-state index contributed by atoms with van der Waals surface area (Å²) >= 11 is 0. The van der Waals surface area contributed by atoms with E-state index in [9.17, 15) is 4.79 Å². The van der Waals surface area contributed by atoms with Gasteiger partial charge in [-0.1, -0.05) is 6.92 Å². The number of nitrogens with zero attached hydrogens (tertiary/aromatic N) is 5. The van der Waals surface area contributed by atoms with Gasteiger partial charge in [-0.25, -0.2) is 4.98 Å². The van der Waals surface area contributed by atoms with Gasteiger partial charge in [0.05, 0.1) is 6.20 Å². The lowest BCUT2D eigenvalue weighted by molar-refractivity contribution is -0.134. The van der Waals surface area contributed by atoms with E-state index < -0.39 is 0 Å². The molecule has 3 heterocycles. The highest BCUT2D eigenvalue weighted by atomic mass is 16.2. The SMILES string of the molecule is CCN1CCN(C(=O)CC2CCN(c3cnccn3)CC2)CC1. The number of likely N-dealkylation sites (N-methyl/N-ethyl adjacent to an activating group) is 1. The zero-order valence-electron chi connectivity index (χ0n) is 14.0. The molecule has 0 aliphatic carbocycles. The van der Waals surface area contributed by atoms with E-state index in [1.165, 1.54) is 0 Å². The van der Waals surface area contributed by atoms with Gasteiger partial charge in [-0.05, 0) is 25.3 Å². The highest BCUT2D eigenvalue weighted by molar-refractivity contribution is 5.76. The normalized spacial score (nSPS) is 20.7. The predicted octanol–water partition coefficient (Wildman–Crippen LogP) is 1.25. The number of hydrogen-bond donors (Lipinski definition) is 0. The van der Waals surface area contributed by atoms with E-state index in [1.54, 1.807) is 12.4 Å². The van der Waals surface area contributed by atoms with Crippen LogP contribution in [0.15, 0.2) is 18.6 Å². The molecule has 0 atom stereocenters. The minimum Gasteiger partial charge on any atom is -0.355 e. The van der Waals surface area contributed by atoms with Crippen LogP contribution >= 0.6 is 0 Å². The molecule has 126 valence electrons. The molecular formula is C17H27N5O. The van der Waals surface area contributed by atoms with Crippen molar-refractivity contribution >= 4 is 11.7 Å². The lowest BCUT2D eigenvalue weighted by Gasteiger charge is -2.36. The maximum absolute atomic E-state index is 12.5. The predicted molar refractivity (Wildman–Crippen MR) is 90.3 cm³/mol. The number of piperazine rings is 1. The summed E-state index contributed by atoms with van der Waals surface area (Å²) in [6.45, 7) is 9.04. The average Bonchev–Trinajstić information content (AvgIpc) is 2.63. The first kappa shape index (κ1) is 16.2. The number of amides is 1. The van der Waals surface area contributed by atoms with Crippen LogP contribution in [-0.4, -0.2) is 71.5 Å². The number of carbonyl (C=O) groups excluding carboxylic acids is 1. The van der Waals surface area contributed by atoms with Gasteiger partial charge in [0.15, 0.2) is 0 Å². The third kappa shape index (κ3) is 4.19. The van der Waals surface area contributed by atoms with Gasteiger partial charge in [0.25, 0.3) is 0 Å². The van der Waals surface area contributed by atoms with Crippen LogP contribution in [0.25, 0.3) is 0 Å². The molecule has 2 aliphatic heterocycles. The maximum atomic E-state index is 12.5. The van der Waals surface area contributed by atoms with Crippen molar-refractivity contribution in [2.75, 3.05) is 50.7 Å². The molecule has 0 N–H and O–H groups in total. The van der Waals surface area contributed by atoms with Crippen molar-refractivity contribution in [3.8, 4) is 0 Å². The Hall–Kier alpha value is -1.69. The van der Waals surface area contributed by atoms with E-state index in [-0.39, 0.29) is 0 Å². The Morgan fingerprint density at radius 2 is 1.87 bits per heavy atom. The van der Waals surface area contributed by atoms with Crippen LogP contribution in [0, 0.1) is 5.92 Å². The molecule has 23 heavy (non-hydrogen) atoms. The molecule has 2 saturated heterocycles. The monoisotopic (exact) mass is 317 g/mol. The van der Waals surface area contributed by atoms with Crippen molar-refractivity contribution in [3.05, 3.63) is 18.6 Å². The molecule has 0 saturated carbocycles. The Kier molecular flexibility index (Phi) is 5.43. The standard InChI is InChI=1S/C17H27N5O/c1-2-20-9-11-22(12-10-20)17(23)13-15-3-7-21(8-4-15)16-14-18-5-6-19-16/h5-6,14-15H,2-4,7-13H2,1H3. The molecule has 0 bridgehead atoms. The van der Waals surface area contributed by atoms with Crippen LogP contribution < -0.4 is 4.90 Å². The van der Waals surface area contributed by atoms with Crippen molar-refractivity contribution in [2.45, 2.75) is 26.2 Å². The lowest BCUT2D eigenvalue weighted by Crippen LogP contribution is -2.49. The molecule has 0 radical (unpaired) electrons. The number of carbonyl (C=O) groups is 1. The fourth-order valence-corrected chi connectivity index (χ4v) is 3.51. The molecule has 6 nitrogen and oxygen atoms in total. The summed E-state index contributed by atoms with van der Waals surface area (Å²) < 4.78 is 0. The van der Waals surface area contributed by atoms with Gasteiger partial charge in [-0.15, -0.1) is 0 Å². The lowest BCUT2D eigenvalue weighted by atomic mass is 9.93. The van der Waals surface area contributed by atoms with E-state index in [0.29, 0.717) is 18.2 Å². The Bertz CT molecular complexity index is 493. The average molecular weight is 317 g/mol. The molecule has 2 aliphatic rings. The molecule has 0 unspecified atom stereocenters. The number of rotatable bonds is 4. The van der Waals surface area contributed by atoms with Gasteiger partial charge in [-0.3, -0.25) is 9.78 Å². The van der Waals surface area contributed by atoms with E-state index in [2.05, 4.69) is 31.6 Å². The highest BCUT2D eigenvalue weighted by Crippen LogP contribution is 2.24. The Morgan fingerprint density at radius 1 is 1.13 bits per heavy atom. The highest BCUT2D eigenvalue weighted by Gasteiger charge is 2.26. The molecule has 0 spiro atoms. The largest absolute Gasteiger partial charge is 0.355 e. The van der Waals surface area contributed by atoms with E-state index in [1.807, 2.05) is 6.20 Å². The second kappa shape index (κ2) is 7.73. The van der Waals surface area contributed by atoms with Gasteiger partial charge in [0, 0.05) is 58.1 Å². The first-order valence-electron chi connectivity index (χ1n) is 8.77. The quantitative estimate of drug-likeness (QED) is 0.836. The van der Waals surface area contributed by atoms with E-state index in [0.717, 1.165) is 64.5 Å². The number of hydrogen-bond acceptors (Lipinski definition) is 5. The van der Waals surface area contributed by atoms with Gasteiger partial charge in [0.2, 0.25) is 5.91 Å². The van der Waals surface area contributed by atoms with Crippen LogP contribution in [0.2, 0.25) is 0 Å². The summed E-state index contributed by atoms with van der Waals surface area (Å²) in [6, 6.07) is 0.